The van der Waals surface area contributed by atoms with Gasteiger partial charge in [0, 0.05) is 5.56 Å². The molecule has 0 aliphatic carbocycles. The van der Waals surface area contributed by atoms with Crippen LogP contribution < -0.4 is 5.32 Å². The summed E-state index contributed by atoms with van der Waals surface area (Å²) in [6.07, 6.45) is 0.393. The molecule has 0 aromatic heterocycles. The van der Waals surface area contributed by atoms with Crippen LogP contribution in [0.25, 0.3) is 0 Å². The van der Waals surface area contributed by atoms with Crippen LogP contribution in [0.3, 0.4) is 0 Å². The average molecular weight is 346 g/mol. The summed E-state index contributed by atoms with van der Waals surface area (Å²) >= 11 is 5.74. The fourth-order valence-electron chi connectivity index (χ4n) is 2.08. The number of halogens is 2. The van der Waals surface area contributed by atoms with Crippen molar-refractivity contribution in [2.24, 2.45) is 0 Å². The maximum atomic E-state index is 14.5. The molecule has 0 bridgehead atoms. The lowest BCUT2D eigenvalue weighted by atomic mass is 9.99. The highest BCUT2D eigenvalue weighted by atomic mass is 35.5. The Morgan fingerprint density at radius 1 is 1.39 bits per heavy atom. The van der Waals surface area contributed by atoms with Gasteiger partial charge in [-0.3, -0.25) is 0 Å². The third-order valence-electron chi connectivity index (χ3n) is 2.98. The molecule has 1 aromatic rings. The number of carbonyl (C=O) groups is 2. The monoisotopic (exact) mass is 345 g/mol. The van der Waals surface area contributed by atoms with Crippen molar-refractivity contribution in [2.75, 3.05) is 0 Å². The van der Waals surface area contributed by atoms with Crippen LogP contribution in [0.1, 0.15) is 62.5 Å². The minimum atomic E-state index is -1.46. The van der Waals surface area contributed by atoms with E-state index in [0.717, 1.165) is 0 Å². The quantitative estimate of drug-likeness (QED) is 0.821. The van der Waals surface area contributed by atoms with Gasteiger partial charge in [-0.05, 0) is 33.3 Å². The molecule has 128 valence electrons. The van der Waals surface area contributed by atoms with Crippen molar-refractivity contribution >= 4 is 23.7 Å². The fraction of sp³-hybridized carbons (Fsp3) is 0.500. The number of carboxylic acid groups (broad SMARTS) is 1. The first kappa shape index (κ1) is 19.2. The van der Waals surface area contributed by atoms with Gasteiger partial charge in [-0.2, -0.15) is 0 Å². The number of carboxylic acids is 1. The zero-order valence-electron chi connectivity index (χ0n) is 13.6. The average Bonchev–Trinajstić information content (AvgIpc) is 2.35. The fourth-order valence-corrected chi connectivity index (χ4v) is 2.30. The van der Waals surface area contributed by atoms with Gasteiger partial charge < -0.3 is 15.2 Å². The summed E-state index contributed by atoms with van der Waals surface area (Å²) in [5, 5.41) is 11.5. The molecule has 0 saturated carbocycles. The van der Waals surface area contributed by atoms with Gasteiger partial charge in [-0.15, -0.1) is 0 Å². The lowest BCUT2D eigenvalue weighted by molar-refractivity contribution is 0.0500. The summed E-state index contributed by atoms with van der Waals surface area (Å²) in [7, 11) is 0. The van der Waals surface area contributed by atoms with E-state index in [1.807, 2.05) is 6.92 Å². The van der Waals surface area contributed by atoms with Crippen LogP contribution in [0.2, 0.25) is 5.02 Å². The normalized spacial score (nSPS) is 12.6. The van der Waals surface area contributed by atoms with Gasteiger partial charge >= 0.3 is 12.1 Å². The van der Waals surface area contributed by atoms with E-state index in [1.165, 1.54) is 12.1 Å². The third-order valence-corrected chi connectivity index (χ3v) is 3.29. The number of nitrogens with one attached hydrogen (secondary N) is 1. The first-order valence-corrected chi connectivity index (χ1v) is 7.65. The molecule has 1 amide bonds. The topological polar surface area (TPSA) is 75.6 Å². The van der Waals surface area contributed by atoms with Gasteiger partial charge in [0.25, 0.3) is 0 Å². The standard InChI is InChI=1S/C16H21ClFNO4/c1-5-6-11(19-15(22)23-16(2,3)4)9-7-8-10(17)12(13(9)18)14(20)21/h7-8,11H,5-6H2,1-4H3,(H,19,22)(H,20,21)/t11-/m1/s1. The smallest absolute Gasteiger partial charge is 0.408 e. The molecule has 0 aliphatic heterocycles. The molecule has 1 aromatic carbocycles. The predicted molar refractivity (Wildman–Crippen MR) is 85.4 cm³/mol. The van der Waals surface area contributed by atoms with Gasteiger partial charge in [0.15, 0.2) is 0 Å². The third kappa shape index (κ3) is 5.39. The molecule has 0 spiro atoms. The second-order valence-corrected chi connectivity index (χ2v) is 6.53. The number of amides is 1. The molecule has 0 aliphatic rings. The maximum Gasteiger partial charge on any atom is 0.408 e. The number of hydrogen-bond acceptors (Lipinski definition) is 3. The van der Waals surface area contributed by atoms with E-state index < -0.39 is 35.1 Å². The number of ether oxygens (including phenoxy) is 1. The largest absolute Gasteiger partial charge is 0.478 e. The van der Waals surface area contributed by atoms with Crippen LogP contribution in [-0.2, 0) is 4.74 Å². The number of alkyl carbamates (subject to hydrolysis) is 1. The van der Waals surface area contributed by atoms with Gasteiger partial charge in [-0.1, -0.05) is 31.0 Å². The molecule has 0 saturated heterocycles. The van der Waals surface area contributed by atoms with Crippen LogP contribution >= 0.6 is 11.6 Å². The maximum absolute atomic E-state index is 14.5. The first-order valence-electron chi connectivity index (χ1n) is 7.27. The Labute approximate surface area is 139 Å². The van der Waals surface area contributed by atoms with Crippen molar-refractivity contribution in [2.45, 2.75) is 52.2 Å². The second-order valence-electron chi connectivity index (χ2n) is 6.12. The molecule has 5 nitrogen and oxygen atoms in total. The zero-order valence-corrected chi connectivity index (χ0v) is 14.3. The summed E-state index contributed by atoms with van der Waals surface area (Å²) < 4.78 is 19.7. The summed E-state index contributed by atoms with van der Waals surface area (Å²) in [4.78, 5) is 23.1. The van der Waals surface area contributed by atoms with E-state index in [1.54, 1.807) is 20.8 Å². The Kier molecular flexibility index (Phi) is 6.38. The van der Waals surface area contributed by atoms with E-state index >= 15 is 0 Å². The van der Waals surface area contributed by atoms with Gasteiger partial charge in [0.2, 0.25) is 0 Å². The van der Waals surface area contributed by atoms with E-state index in [2.05, 4.69) is 5.32 Å². The molecule has 2 N–H and O–H groups in total. The Bertz CT molecular complexity index is 598. The molecule has 0 fully saturated rings. The van der Waals surface area contributed by atoms with E-state index in [4.69, 9.17) is 21.4 Å². The SMILES string of the molecule is CCC[C@@H](NC(=O)OC(C)(C)C)c1ccc(Cl)c(C(=O)O)c1F. The van der Waals surface area contributed by atoms with Crippen LogP contribution in [0, 0.1) is 5.82 Å². The predicted octanol–water partition coefficient (Wildman–Crippen LogP) is 4.54. The van der Waals surface area contributed by atoms with Crippen molar-refractivity contribution in [3.05, 3.63) is 34.1 Å². The lowest BCUT2D eigenvalue weighted by Crippen LogP contribution is -2.35. The molecule has 7 heteroatoms. The molecule has 1 rings (SSSR count). The molecule has 23 heavy (non-hydrogen) atoms. The van der Waals surface area contributed by atoms with Crippen molar-refractivity contribution in [1.29, 1.82) is 0 Å². The number of aromatic carboxylic acids is 1. The van der Waals surface area contributed by atoms with Gasteiger partial charge in [0.05, 0.1) is 11.1 Å². The molecule has 0 unspecified atom stereocenters. The lowest BCUT2D eigenvalue weighted by Gasteiger charge is -2.24. The minimum Gasteiger partial charge on any atom is -0.478 e. The van der Waals surface area contributed by atoms with E-state index in [-0.39, 0.29) is 10.6 Å². The van der Waals surface area contributed by atoms with Gasteiger partial charge in [0.1, 0.15) is 17.0 Å². The number of rotatable bonds is 5. The number of carbonyl (C=O) groups excluding carboxylic acids is 1. The van der Waals surface area contributed by atoms with Crippen molar-refractivity contribution in [3.63, 3.8) is 0 Å². The molecule has 0 heterocycles. The Balaban J connectivity index is 3.14. The van der Waals surface area contributed by atoms with E-state index in [0.29, 0.717) is 12.8 Å². The first-order chi connectivity index (χ1) is 10.6. The Morgan fingerprint density at radius 3 is 2.48 bits per heavy atom. The van der Waals surface area contributed by atoms with E-state index in [9.17, 15) is 14.0 Å². The molecule has 0 radical (unpaired) electrons. The second kappa shape index (κ2) is 7.64. The Hall–Kier alpha value is -1.82. The number of benzene rings is 1. The summed E-state index contributed by atoms with van der Waals surface area (Å²) in [5.41, 5.74) is -1.22. The Morgan fingerprint density at radius 2 is 2.00 bits per heavy atom. The molecule has 1 atom stereocenters. The highest BCUT2D eigenvalue weighted by Gasteiger charge is 2.26. The van der Waals surface area contributed by atoms with Crippen molar-refractivity contribution in [3.8, 4) is 0 Å². The zero-order chi connectivity index (χ0) is 17.8. The summed E-state index contributed by atoms with van der Waals surface area (Å²) in [6, 6.07) is 1.98. The molecular weight excluding hydrogens is 325 g/mol. The van der Waals surface area contributed by atoms with Crippen molar-refractivity contribution in [1.82, 2.24) is 5.32 Å². The highest BCUT2D eigenvalue weighted by Crippen LogP contribution is 2.28. The number of hydrogen-bond donors (Lipinski definition) is 2. The van der Waals surface area contributed by atoms with Crippen LogP contribution in [-0.4, -0.2) is 22.8 Å². The van der Waals surface area contributed by atoms with Crippen molar-refractivity contribution < 1.29 is 23.8 Å². The van der Waals surface area contributed by atoms with Gasteiger partial charge in [-0.25, -0.2) is 14.0 Å². The van der Waals surface area contributed by atoms with Crippen LogP contribution in [0.5, 0.6) is 0 Å². The van der Waals surface area contributed by atoms with Crippen LogP contribution in [0.4, 0.5) is 9.18 Å². The minimum absolute atomic E-state index is 0.0690. The highest BCUT2D eigenvalue weighted by molar-refractivity contribution is 6.33. The molecular formula is C16H21ClFNO4. The summed E-state index contributed by atoms with van der Waals surface area (Å²) in [6.45, 7) is 7.02. The van der Waals surface area contributed by atoms with Crippen LogP contribution in [0.15, 0.2) is 12.1 Å². The summed E-state index contributed by atoms with van der Waals surface area (Å²) in [5.74, 6) is -2.40.